The molecule has 0 saturated heterocycles. The van der Waals surface area contributed by atoms with E-state index in [4.69, 9.17) is 5.73 Å². The van der Waals surface area contributed by atoms with Gasteiger partial charge in [-0.3, -0.25) is 4.79 Å². The molecule has 0 bridgehead atoms. The molecule has 0 unspecified atom stereocenters. The van der Waals surface area contributed by atoms with Gasteiger partial charge in [-0.1, -0.05) is 18.3 Å². The Kier molecular flexibility index (Phi) is 3.85. The average molecular weight is 214 g/mol. The van der Waals surface area contributed by atoms with Gasteiger partial charge in [0, 0.05) is 4.88 Å². The van der Waals surface area contributed by atoms with Crippen molar-refractivity contribution >= 4 is 34.5 Å². The van der Waals surface area contributed by atoms with Gasteiger partial charge in [-0.2, -0.15) is 0 Å². The Hall–Kier alpha value is -0.940. The second kappa shape index (κ2) is 4.94. The molecular formula is C8H10N2OS2. The highest BCUT2D eigenvalue weighted by molar-refractivity contribution is 7.80. The third-order valence-corrected chi connectivity index (χ3v) is 2.40. The number of carbonyl (C=O) groups is 1. The van der Waals surface area contributed by atoms with Crippen LogP contribution in [0.5, 0.6) is 0 Å². The average Bonchev–Trinajstić information content (AvgIpc) is 2.53. The predicted octanol–water partition coefficient (Wildman–Crippen LogP) is 0.693. The summed E-state index contributed by atoms with van der Waals surface area (Å²) >= 11 is 6.19. The second-order valence-electron chi connectivity index (χ2n) is 2.50. The molecule has 1 amide bonds. The van der Waals surface area contributed by atoms with Gasteiger partial charge in [0.15, 0.2) is 0 Å². The van der Waals surface area contributed by atoms with Crippen LogP contribution in [0.3, 0.4) is 0 Å². The highest BCUT2D eigenvalue weighted by Crippen LogP contribution is 2.08. The van der Waals surface area contributed by atoms with Crippen molar-refractivity contribution in [1.82, 2.24) is 5.32 Å². The zero-order valence-corrected chi connectivity index (χ0v) is 8.58. The van der Waals surface area contributed by atoms with Crippen molar-refractivity contribution in [3.8, 4) is 0 Å². The molecule has 0 aliphatic heterocycles. The summed E-state index contributed by atoms with van der Waals surface area (Å²) < 4.78 is 0. The van der Waals surface area contributed by atoms with Crippen LogP contribution in [0.4, 0.5) is 0 Å². The maximum atomic E-state index is 11.2. The molecular weight excluding hydrogens is 204 g/mol. The maximum Gasteiger partial charge on any atom is 0.225 e. The third-order valence-electron chi connectivity index (χ3n) is 1.37. The van der Waals surface area contributed by atoms with Gasteiger partial charge < -0.3 is 11.1 Å². The van der Waals surface area contributed by atoms with Crippen LogP contribution in [0.15, 0.2) is 17.5 Å². The molecule has 0 atom stereocenters. The van der Waals surface area contributed by atoms with Crippen LogP contribution in [-0.4, -0.2) is 17.4 Å². The van der Waals surface area contributed by atoms with Gasteiger partial charge in [0.25, 0.3) is 0 Å². The zero-order valence-electron chi connectivity index (χ0n) is 6.95. The molecule has 5 heteroatoms. The summed E-state index contributed by atoms with van der Waals surface area (Å²) in [6, 6.07) is 3.84. The minimum absolute atomic E-state index is 0.0461. The quantitative estimate of drug-likeness (QED) is 0.725. The standard InChI is InChI=1S/C8H10N2OS2/c9-7(12)5-10-8(11)4-6-2-1-3-13-6/h1-3H,4-5H2,(H2,9,12)(H,10,11). The number of thiophene rings is 1. The number of nitrogens with two attached hydrogens (primary N) is 1. The van der Waals surface area contributed by atoms with E-state index < -0.39 is 0 Å². The molecule has 70 valence electrons. The van der Waals surface area contributed by atoms with Crippen molar-refractivity contribution in [3.63, 3.8) is 0 Å². The number of hydrogen-bond donors (Lipinski definition) is 2. The molecule has 0 fully saturated rings. The molecule has 13 heavy (non-hydrogen) atoms. The predicted molar refractivity (Wildman–Crippen MR) is 57.8 cm³/mol. The molecule has 0 aromatic carbocycles. The number of thiocarbonyl (C=S) groups is 1. The van der Waals surface area contributed by atoms with Crippen molar-refractivity contribution in [2.75, 3.05) is 6.54 Å². The van der Waals surface area contributed by atoms with E-state index >= 15 is 0 Å². The summed E-state index contributed by atoms with van der Waals surface area (Å²) in [7, 11) is 0. The molecule has 3 nitrogen and oxygen atoms in total. The third kappa shape index (κ3) is 4.00. The first-order valence-electron chi connectivity index (χ1n) is 3.76. The lowest BCUT2D eigenvalue weighted by molar-refractivity contribution is -0.120. The molecule has 0 radical (unpaired) electrons. The van der Waals surface area contributed by atoms with E-state index in [-0.39, 0.29) is 12.5 Å². The van der Waals surface area contributed by atoms with Gasteiger partial charge in [0.2, 0.25) is 5.91 Å². The minimum atomic E-state index is -0.0461. The van der Waals surface area contributed by atoms with Crippen LogP contribution >= 0.6 is 23.6 Å². The van der Waals surface area contributed by atoms with Crippen molar-refractivity contribution < 1.29 is 4.79 Å². The molecule has 1 heterocycles. The summed E-state index contributed by atoms with van der Waals surface area (Å²) in [5.41, 5.74) is 5.23. The second-order valence-corrected chi connectivity index (χ2v) is 4.06. The number of amides is 1. The Morgan fingerprint density at radius 2 is 2.46 bits per heavy atom. The van der Waals surface area contributed by atoms with Crippen LogP contribution in [-0.2, 0) is 11.2 Å². The van der Waals surface area contributed by atoms with E-state index in [0.717, 1.165) is 4.88 Å². The van der Waals surface area contributed by atoms with Crippen molar-refractivity contribution in [2.24, 2.45) is 5.73 Å². The summed E-state index contributed by atoms with van der Waals surface area (Å²) in [6.45, 7) is 0.277. The Morgan fingerprint density at radius 3 is 3.00 bits per heavy atom. The monoisotopic (exact) mass is 214 g/mol. The van der Waals surface area contributed by atoms with E-state index in [1.807, 2.05) is 17.5 Å². The van der Waals surface area contributed by atoms with Crippen molar-refractivity contribution in [3.05, 3.63) is 22.4 Å². The zero-order chi connectivity index (χ0) is 9.68. The van der Waals surface area contributed by atoms with E-state index in [1.165, 1.54) is 0 Å². The molecule has 0 spiro atoms. The van der Waals surface area contributed by atoms with Gasteiger partial charge >= 0.3 is 0 Å². The number of hydrogen-bond acceptors (Lipinski definition) is 3. The van der Waals surface area contributed by atoms with E-state index in [1.54, 1.807) is 11.3 Å². The Balaban J connectivity index is 2.30. The first-order valence-corrected chi connectivity index (χ1v) is 5.04. The van der Waals surface area contributed by atoms with Gasteiger partial charge in [0.1, 0.15) is 0 Å². The van der Waals surface area contributed by atoms with Gasteiger partial charge in [-0.15, -0.1) is 11.3 Å². The van der Waals surface area contributed by atoms with Crippen LogP contribution in [0.1, 0.15) is 4.88 Å². The normalized spacial score (nSPS) is 9.54. The Bertz CT molecular complexity index is 295. The number of rotatable bonds is 4. The molecule has 3 N–H and O–H groups in total. The molecule has 1 aromatic heterocycles. The fraction of sp³-hybridized carbons (Fsp3) is 0.250. The molecule has 1 rings (SSSR count). The Morgan fingerprint density at radius 1 is 1.69 bits per heavy atom. The maximum absolute atomic E-state index is 11.2. The summed E-state index contributed by atoms with van der Waals surface area (Å²) in [5, 5.41) is 4.56. The number of carbonyl (C=O) groups excluding carboxylic acids is 1. The highest BCUT2D eigenvalue weighted by Gasteiger charge is 2.03. The van der Waals surface area contributed by atoms with E-state index in [0.29, 0.717) is 11.4 Å². The van der Waals surface area contributed by atoms with Crippen LogP contribution < -0.4 is 11.1 Å². The van der Waals surface area contributed by atoms with Crippen molar-refractivity contribution in [1.29, 1.82) is 0 Å². The lowest BCUT2D eigenvalue weighted by Crippen LogP contribution is -2.33. The molecule has 0 aliphatic carbocycles. The first-order chi connectivity index (χ1) is 6.18. The van der Waals surface area contributed by atoms with Gasteiger partial charge in [-0.25, -0.2) is 0 Å². The molecule has 0 aliphatic rings. The van der Waals surface area contributed by atoms with Crippen LogP contribution in [0.2, 0.25) is 0 Å². The summed E-state index contributed by atoms with van der Waals surface area (Å²) in [5.74, 6) is -0.0461. The first kappa shape index (κ1) is 10.1. The highest BCUT2D eigenvalue weighted by atomic mass is 32.1. The Labute approximate surface area is 85.9 Å². The lowest BCUT2D eigenvalue weighted by atomic mass is 10.3. The lowest BCUT2D eigenvalue weighted by Gasteiger charge is -2.01. The molecule has 0 saturated carbocycles. The fourth-order valence-electron chi connectivity index (χ4n) is 0.820. The van der Waals surface area contributed by atoms with Crippen LogP contribution in [0.25, 0.3) is 0 Å². The van der Waals surface area contributed by atoms with Gasteiger partial charge in [-0.05, 0) is 11.4 Å². The van der Waals surface area contributed by atoms with Gasteiger partial charge in [0.05, 0.1) is 18.0 Å². The van der Waals surface area contributed by atoms with Crippen LogP contribution in [0, 0.1) is 0 Å². The topological polar surface area (TPSA) is 55.1 Å². The number of nitrogens with one attached hydrogen (secondary N) is 1. The van der Waals surface area contributed by atoms with E-state index in [2.05, 4.69) is 17.5 Å². The SMILES string of the molecule is NC(=S)CNC(=O)Cc1cccs1. The summed E-state index contributed by atoms with van der Waals surface area (Å²) in [6.07, 6.45) is 0.403. The minimum Gasteiger partial charge on any atom is -0.392 e. The largest absolute Gasteiger partial charge is 0.392 e. The van der Waals surface area contributed by atoms with Crippen molar-refractivity contribution in [2.45, 2.75) is 6.42 Å². The smallest absolute Gasteiger partial charge is 0.225 e. The fourth-order valence-corrected chi connectivity index (χ4v) is 1.60. The summed E-state index contributed by atoms with van der Waals surface area (Å²) in [4.78, 5) is 12.5. The molecule has 1 aromatic rings. The van der Waals surface area contributed by atoms with E-state index in [9.17, 15) is 4.79 Å².